The number of carboxylic acid groups (broad SMARTS) is 1. The van der Waals surface area contributed by atoms with E-state index in [0.717, 1.165) is 0 Å². The van der Waals surface area contributed by atoms with Crippen molar-refractivity contribution in [2.24, 2.45) is 0 Å². The summed E-state index contributed by atoms with van der Waals surface area (Å²) in [4.78, 5) is 11.1. The van der Waals surface area contributed by atoms with E-state index in [-0.39, 0.29) is 17.6 Å². The Morgan fingerprint density at radius 3 is 2.75 bits per heavy atom. The van der Waals surface area contributed by atoms with Crippen LogP contribution in [0.1, 0.15) is 21.5 Å². The summed E-state index contributed by atoms with van der Waals surface area (Å²) in [6.07, 6.45) is 0.498. The molecule has 3 N–H and O–H groups in total. The number of aryl methyl sites for hydroxylation is 2. The van der Waals surface area contributed by atoms with Crippen LogP contribution in [0, 0.1) is 6.92 Å². The molecule has 0 aliphatic carbocycles. The normalized spacial score (nSPS) is 17.4. The van der Waals surface area contributed by atoms with Gasteiger partial charge in [-0.05, 0) is 24.5 Å². The third kappa shape index (κ3) is 1.77. The smallest absolute Gasteiger partial charge is 0.430 e. The summed E-state index contributed by atoms with van der Waals surface area (Å²) < 4.78 is 4.99. The standard InChI is InChI=1S/C10H12BO5/c1-6-2-3-7-4-5-11(14,15)16-9(7)8(6)10(12)13/h2-3,14-15H,4-5H2,1H3,(H,12,13)/q-1. The zero-order valence-corrected chi connectivity index (χ0v) is 8.80. The van der Waals surface area contributed by atoms with Gasteiger partial charge in [-0.1, -0.05) is 18.5 Å². The molecule has 1 heterocycles. The lowest BCUT2D eigenvalue weighted by Crippen LogP contribution is -2.45. The van der Waals surface area contributed by atoms with Crippen LogP contribution < -0.4 is 4.65 Å². The molecule has 0 saturated heterocycles. The van der Waals surface area contributed by atoms with Crippen molar-refractivity contribution in [3.63, 3.8) is 0 Å². The molecule has 0 bridgehead atoms. The van der Waals surface area contributed by atoms with Gasteiger partial charge >= 0.3 is 12.7 Å². The van der Waals surface area contributed by atoms with Crippen molar-refractivity contribution < 1.29 is 24.6 Å². The summed E-state index contributed by atoms with van der Waals surface area (Å²) in [5.41, 5.74) is 1.25. The Balaban J connectivity index is 2.58. The van der Waals surface area contributed by atoms with Crippen LogP contribution in [0.4, 0.5) is 0 Å². The molecule has 1 aromatic rings. The number of aromatic carboxylic acids is 1. The van der Waals surface area contributed by atoms with Crippen LogP contribution in [0.2, 0.25) is 6.32 Å². The molecule has 86 valence electrons. The van der Waals surface area contributed by atoms with Crippen LogP contribution in [-0.4, -0.2) is 27.9 Å². The molecule has 6 heteroatoms. The zero-order valence-electron chi connectivity index (χ0n) is 8.80. The van der Waals surface area contributed by atoms with Gasteiger partial charge < -0.3 is 19.8 Å². The summed E-state index contributed by atoms with van der Waals surface area (Å²) in [7, 11) is 0. The fourth-order valence-corrected chi connectivity index (χ4v) is 1.91. The molecule has 0 aromatic heterocycles. The first kappa shape index (κ1) is 11.0. The molecule has 1 aliphatic heterocycles. The van der Waals surface area contributed by atoms with Crippen molar-refractivity contribution in [1.82, 2.24) is 0 Å². The lowest BCUT2D eigenvalue weighted by atomic mass is 9.70. The molecule has 0 spiro atoms. The van der Waals surface area contributed by atoms with E-state index < -0.39 is 12.7 Å². The Kier molecular flexibility index (Phi) is 2.40. The van der Waals surface area contributed by atoms with E-state index in [2.05, 4.69) is 0 Å². The van der Waals surface area contributed by atoms with E-state index in [1.165, 1.54) is 0 Å². The van der Waals surface area contributed by atoms with Gasteiger partial charge in [0.25, 0.3) is 0 Å². The highest BCUT2D eigenvalue weighted by molar-refractivity contribution is 6.59. The maximum atomic E-state index is 11.1. The summed E-state index contributed by atoms with van der Waals surface area (Å²) in [6, 6.07) is 3.45. The second-order valence-electron chi connectivity index (χ2n) is 4.07. The first-order chi connectivity index (χ1) is 7.41. The van der Waals surface area contributed by atoms with Crippen LogP contribution in [-0.2, 0) is 6.42 Å². The van der Waals surface area contributed by atoms with E-state index in [1.54, 1.807) is 19.1 Å². The number of carboxylic acids is 1. The molecular formula is C10H12BO5-. The third-order valence-corrected chi connectivity index (χ3v) is 2.76. The highest BCUT2D eigenvalue weighted by atomic mass is 16.6. The molecule has 5 nitrogen and oxygen atoms in total. The zero-order chi connectivity index (χ0) is 11.9. The van der Waals surface area contributed by atoms with Crippen molar-refractivity contribution >= 4 is 12.7 Å². The molecule has 0 fully saturated rings. The van der Waals surface area contributed by atoms with E-state index in [1.807, 2.05) is 0 Å². The van der Waals surface area contributed by atoms with Crippen LogP contribution in [0.25, 0.3) is 0 Å². The second kappa shape index (κ2) is 3.50. The van der Waals surface area contributed by atoms with Gasteiger partial charge in [-0.2, -0.15) is 0 Å². The minimum absolute atomic E-state index is 0.00606. The van der Waals surface area contributed by atoms with Crippen molar-refractivity contribution in [2.45, 2.75) is 19.7 Å². The fourth-order valence-electron chi connectivity index (χ4n) is 1.91. The van der Waals surface area contributed by atoms with E-state index in [4.69, 9.17) is 9.76 Å². The van der Waals surface area contributed by atoms with Gasteiger partial charge in [0, 0.05) is 0 Å². The first-order valence-corrected chi connectivity index (χ1v) is 5.06. The molecule has 1 aliphatic rings. The molecule has 2 rings (SSSR count). The molecule has 0 unspecified atom stereocenters. The van der Waals surface area contributed by atoms with Crippen molar-refractivity contribution in [1.29, 1.82) is 0 Å². The van der Waals surface area contributed by atoms with Crippen LogP contribution in [0.3, 0.4) is 0 Å². The van der Waals surface area contributed by atoms with Gasteiger partial charge in [0.15, 0.2) is 0 Å². The summed E-state index contributed by atoms with van der Waals surface area (Å²) >= 11 is 0. The Morgan fingerprint density at radius 1 is 1.44 bits per heavy atom. The predicted molar refractivity (Wildman–Crippen MR) is 57.5 cm³/mol. The number of carbonyl (C=O) groups is 1. The predicted octanol–water partition coefficient (Wildman–Crippen LogP) is 0.552. The average molecular weight is 223 g/mol. The molecule has 0 radical (unpaired) electrons. The fraction of sp³-hybridized carbons (Fsp3) is 0.300. The molecule has 16 heavy (non-hydrogen) atoms. The number of hydrogen-bond acceptors (Lipinski definition) is 4. The van der Waals surface area contributed by atoms with Gasteiger partial charge in [0.2, 0.25) is 0 Å². The number of benzene rings is 1. The average Bonchev–Trinajstić information content (AvgIpc) is 2.15. The quantitative estimate of drug-likeness (QED) is 0.605. The first-order valence-electron chi connectivity index (χ1n) is 5.06. The van der Waals surface area contributed by atoms with Gasteiger partial charge in [-0.25, -0.2) is 4.79 Å². The van der Waals surface area contributed by atoms with E-state index >= 15 is 0 Å². The summed E-state index contributed by atoms with van der Waals surface area (Å²) in [6.45, 7) is -1.27. The molecule has 0 amide bonds. The van der Waals surface area contributed by atoms with Crippen molar-refractivity contribution in [3.05, 3.63) is 28.8 Å². The topological polar surface area (TPSA) is 87.0 Å². The third-order valence-electron chi connectivity index (χ3n) is 2.76. The van der Waals surface area contributed by atoms with E-state index in [0.29, 0.717) is 17.5 Å². The van der Waals surface area contributed by atoms with Crippen LogP contribution >= 0.6 is 0 Å². The second-order valence-corrected chi connectivity index (χ2v) is 4.07. The number of hydrogen-bond donors (Lipinski definition) is 3. The molecule has 0 saturated carbocycles. The molecular weight excluding hydrogens is 211 g/mol. The molecule has 1 aromatic carbocycles. The highest BCUT2D eigenvalue weighted by Crippen LogP contribution is 2.34. The Hall–Kier alpha value is -1.53. The van der Waals surface area contributed by atoms with Gasteiger partial charge in [0.05, 0.1) is 5.75 Å². The number of rotatable bonds is 1. The largest absolute Gasteiger partial charge is 0.669 e. The summed E-state index contributed by atoms with van der Waals surface area (Å²) in [5, 5.41) is 27.9. The van der Waals surface area contributed by atoms with Crippen molar-refractivity contribution in [3.8, 4) is 5.75 Å². The Morgan fingerprint density at radius 2 is 2.12 bits per heavy atom. The van der Waals surface area contributed by atoms with Crippen LogP contribution in [0.15, 0.2) is 12.1 Å². The SMILES string of the molecule is Cc1ccc2c(c1C(=O)O)O[B-](O)(O)CC2. The summed E-state index contributed by atoms with van der Waals surface area (Å²) in [5.74, 6) is -1.04. The molecule has 0 atom stereocenters. The Labute approximate surface area is 92.3 Å². The lowest BCUT2D eigenvalue weighted by Gasteiger charge is -2.37. The Bertz CT molecular complexity index is 455. The minimum atomic E-state index is -2.92. The highest BCUT2D eigenvalue weighted by Gasteiger charge is 2.31. The maximum Gasteiger partial charge on any atom is 0.430 e. The maximum absolute atomic E-state index is 11.1. The monoisotopic (exact) mass is 223 g/mol. The van der Waals surface area contributed by atoms with E-state index in [9.17, 15) is 14.8 Å². The van der Waals surface area contributed by atoms with Gasteiger partial charge in [-0.3, -0.25) is 0 Å². The van der Waals surface area contributed by atoms with Crippen molar-refractivity contribution in [2.75, 3.05) is 0 Å². The number of fused-ring (bicyclic) bond motifs is 1. The van der Waals surface area contributed by atoms with Crippen LogP contribution in [0.5, 0.6) is 5.75 Å². The van der Waals surface area contributed by atoms with Gasteiger partial charge in [0.1, 0.15) is 5.56 Å². The minimum Gasteiger partial charge on any atom is -0.669 e. The van der Waals surface area contributed by atoms with Gasteiger partial charge in [-0.15, -0.1) is 0 Å². The lowest BCUT2D eigenvalue weighted by molar-refractivity contribution is 0.0692.